The van der Waals surface area contributed by atoms with Crippen molar-refractivity contribution in [1.29, 1.82) is 0 Å². The van der Waals surface area contributed by atoms with Crippen molar-refractivity contribution in [2.45, 2.75) is 6.54 Å². The van der Waals surface area contributed by atoms with Crippen LogP contribution in [0.3, 0.4) is 0 Å². The number of primary amides is 1. The van der Waals surface area contributed by atoms with Crippen LogP contribution in [0, 0.1) is 0 Å². The minimum atomic E-state index is -2.71. The molecule has 0 aliphatic carbocycles. The number of aromatic nitrogens is 1. The Morgan fingerprint density at radius 1 is 1.02 bits per heavy atom. The van der Waals surface area contributed by atoms with Gasteiger partial charge in [-0.3, -0.25) is 18.1 Å². The average molecular weight is 626 g/mol. The summed E-state index contributed by atoms with van der Waals surface area (Å²) in [5.41, 5.74) is 16.7. The number of anilines is 2. The Morgan fingerprint density at radius 2 is 1.76 bits per heavy atom. The first-order valence-corrected chi connectivity index (χ1v) is 15.5. The van der Waals surface area contributed by atoms with Gasteiger partial charge in [-0.2, -0.15) is 0 Å². The minimum Gasteiger partial charge on any atom is -0.755 e. The number of ether oxygens (including phenoxy) is 1. The molecule has 1 saturated heterocycles. The van der Waals surface area contributed by atoms with Crippen LogP contribution in [-0.2, 0) is 17.8 Å². The fourth-order valence-corrected chi connectivity index (χ4v) is 6.62. The van der Waals surface area contributed by atoms with Crippen LogP contribution >= 0.6 is 0 Å². The second-order valence-electron chi connectivity index (χ2n) is 11.0. The highest BCUT2D eigenvalue weighted by molar-refractivity contribution is 7.81. The topological polar surface area (TPSA) is 161 Å². The number of H-pyrrole nitrogens is 1. The van der Waals surface area contributed by atoms with Crippen molar-refractivity contribution in [3.8, 4) is 16.9 Å². The van der Waals surface area contributed by atoms with Crippen molar-refractivity contribution in [1.82, 2.24) is 14.8 Å². The lowest BCUT2D eigenvalue weighted by Crippen LogP contribution is -2.47. The third-order valence-electron chi connectivity index (χ3n) is 8.35. The molecule has 1 aromatic heterocycles. The number of aromatic amines is 1. The monoisotopic (exact) mass is 625 g/mol. The summed E-state index contributed by atoms with van der Waals surface area (Å²) in [6, 6.07) is 20.8. The number of methoxy groups -OCH3 is 1. The number of benzene rings is 4. The SMILES string of the molecule is COc1ccc(N(c2cccc(CN)c2-c2ccc(C(N)=O)c3[nH]c4cc(C(=O)N5CCN(C)CC5)ccc4c23)S(=O)[O-])cc1. The normalized spacial score (nSPS) is 14.5. The highest BCUT2D eigenvalue weighted by atomic mass is 32.2. The lowest BCUT2D eigenvalue weighted by Gasteiger charge is -2.32. The zero-order chi connectivity index (χ0) is 31.8. The second kappa shape index (κ2) is 12.3. The molecule has 232 valence electrons. The quantitative estimate of drug-likeness (QED) is 0.221. The van der Waals surface area contributed by atoms with Crippen LogP contribution < -0.4 is 20.5 Å². The maximum atomic E-state index is 13.4. The predicted octanol–water partition coefficient (Wildman–Crippen LogP) is 3.87. The number of amides is 2. The third kappa shape index (κ3) is 5.53. The molecule has 45 heavy (non-hydrogen) atoms. The Morgan fingerprint density at radius 3 is 2.40 bits per heavy atom. The zero-order valence-corrected chi connectivity index (χ0v) is 25.7. The molecule has 0 saturated carbocycles. The maximum Gasteiger partial charge on any atom is 0.254 e. The van der Waals surface area contributed by atoms with Crippen molar-refractivity contribution in [3.05, 3.63) is 89.5 Å². The standard InChI is InChI=1S/C33H34N6O5S/c1-37-14-16-38(17-15-37)33(41)20-6-11-24-27(18-20)36-31-26(32(35)40)13-12-25(30(24)31)29-21(19-34)4-3-5-28(29)39(45(42)43)22-7-9-23(44-2)10-8-22/h3-13,18,36H,14-17,19,34H2,1-2H3,(H2,35,40)(H,42,43)/p-1. The molecule has 12 heteroatoms. The van der Waals surface area contributed by atoms with Gasteiger partial charge in [-0.25, -0.2) is 0 Å². The van der Waals surface area contributed by atoms with E-state index in [2.05, 4.69) is 9.88 Å². The molecule has 2 heterocycles. The van der Waals surface area contributed by atoms with Gasteiger partial charge in [0.25, 0.3) is 11.8 Å². The predicted molar refractivity (Wildman–Crippen MR) is 175 cm³/mol. The molecule has 1 aliphatic rings. The fourth-order valence-electron chi connectivity index (χ4n) is 6.01. The van der Waals surface area contributed by atoms with Crippen LogP contribution in [0.2, 0.25) is 0 Å². The number of carbonyl (C=O) groups is 2. The lowest BCUT2D eigenvalue weighted by molar-refractivity contribution is 0.0664. The summed E-state index contributed by atoms with van der Waals surface area (Å²) in [7, 11) is 3.57. The Hall–Kier alpha value is -4.75. The van der Waals surface area contributed by atoms with Gasteiger partial charge >= 0.3 is 0 Å². The van der Waals surface area contributed by atoms with Crippen molar-refractivity contribution >= 4 is 56.3 Å². The number of likely N-dealkylation sites (N-methyl/N-ethyl adjacent to an activating group) is 1. The molecule has 0 spiro atoms. The van der Waals surface area contributed by atoms with Crippen LogP contribution in [0.25, 0.3) is 32.9 Å². The molecule has 1 unspecified atom stereocenters. The number of piperazine rings is 1. The van der Waals surface area contributed by atoms with Crippen molar-refractivity contribution < 1.29 is 23.1 Å². The number of hydrogen-bond acceptors (Lipinski definition) is 7. The van der Waals surface area contributed by atoms with Gasteiger partial charge in [-0.15, -0.1) is 0 Å². The highest BCUT2D eigenvalue weighted by Gasteiger charge is 2.25. The largest absolute Gasteiger partial charge is 0.755 e. The van der Waals surface area contributed by atoms with Gasteiger partial charge < -0.3 is 35.5 Å². The highest BCUT2D eigenvalue weighted by Crippen LogP contribution is 2.44. The lowest BCUT2D eigenvalue weighted by atomic mass is 9.92. The van der Waals surface area contributed by atoms with E-state index in [9.17, 15) is 18.4 Å². The van der Waals surface area contributed by atoms with Crippen molar-refractivity contribution in [3.63, 3.8) is 0 Å². The number of carbonyl (C=O) groups excluding carboxylic acids is 2. The molecular weight excluding hydrogens is 592 g/mol. The number of nitrogens with zero attached hydrogens (tertiary/aromatic N) is 3. The van der Waals surface area contributed by atoms with Gasteiger partial charge in [-0.1, -0.05) is 24.3 Å². The van der Waals surface area contributed by atoms with E-state index in [1.54, 1.807) is 60.7 Å². The maximum absolute atomic E-state index is 13.4. The summed E-state index contributed by atoms with van der Waals surface area (Å²) in [5.74, 6) is -0.109. The Balaban J connectivity index is 1.57. The van der Waals surface area contributed by atoms with Crippen LogP contribution in [0.4, 0.5) is 11.4 Å². The summed E-state index contributed by atoms with van der Waals surface area (Å²) in [4.78, 5) is 33.4. The average Bonchev–Trinajstić information content (AvgIpc) is 3.43. The summed E-state index contributed by atoms with van der Waals surface area (Å²) >= 11 is -2.71. The third-order valence-corrected chi connectivity index (χ3v) is 9.06. The van der Waals surface area contributed by atoms with E-state index in [0.29, 0.717) is 68.9 Å². The molecule has 11 nitrogen and oxygen atoms in total. The van der Waals surface area contributed by atoms with Crippen molar-refractivity contribution in [2.75, 3.05) is 44.6 Å². The summed E-state index contributed by atoms with van der Waals surface area (Å²) < 4.78 is 32.1. The Kier molecular flexibility index (Phi) is 8.30. The van der Waals surface area contributed by atoms with Gasteiger partial charge in [-0.05, 0) is 66.7 Å². The molecule has 5 aromatic rings. The van der Waals surface area contributed by atoms with Crippen LogP contribution in [0.5, 0.6) is 5.75 Å². The molecular formula is C33H33N6O5S-. The van der Waals surface area contributed by atoms with E-state index in [-0.39, 0.29) is 18.0 Å². The number of hydrogen-bond donors (Lipinski definition) is 3. The molecule has 2 amide bonds. The first kappa shape index (κ1) is 30.3. The van der Waals surface area contributed by atoms with E-state index in [1.165, 1.54) is 11.4 Å². The molecule has 6 rings (SSSR count). The van der Waals surface area contributed by atoms with Gasteiger partial charge in [0.05, 0.1) is 40.8 Å². The van der Waals surface area contributed by atoms with Gasteiger partial charge in [0.2, 0.25) is 0 Å². The molecule has 1 aliphatic heterocycles. The first-order chi connectivity index (χ1) is 21.7. The van der Waals surface area contributed by atoms with E-state index >= 15 is 0 Å². The number of nitrogens with one attached hydrogen (secondary N) is 1. The molecule has 5 N–H and O–H groups in total. The van der Waals surface area contributed by atoms with Crippen LogP contribution in [0.15, 0.2) is 72.8 Å². The van der Waals surface area contributed by atoms with Gasteiger partial charge in [0, 0.05) is 60.1 Å². The smallest absolute Gasteiger partial charge is 0.254 e. The summed E-state index contributed by atoms with van der Waals surface area (Å²) in [5, 5.41) is 1.41. The number of fused-ring (bicyclic) bond motifs is 3. The first-order valence-electron chi connectivity index (χ1n) is 14.4. The molecule has 1 fully saturated rings. The summed E-state index contributed by atoms with van der Waals surface area (Å²) in [6.07, 6.45) is 0. The van der Waals surface area contributed by atoms with E-state index in [4.69, 9.17) is 16.2 Å². The Labute approximate surface area is 262 Å². The van der Waals surface area contributed by atoms with E-state index in [0.717, 1.165) is 18.5 Å². The van der Waals surface area contributed by atoms with Crippen LogP contribution in [0.1, 0.15) is 26.3 Å². The zero-order valence-electron chi connectivity index (χ0n) is 24.9. The van der Waals surface area contributed by atoms with Crippen LogP contribution in [-0.4, -0.2) is 75.7 Å². The minimum absolute atomic E-state index is 0.0668. The fraction of sp³-hybridized carbons (Fsp3) is 0.212. The molecule has 0 bridgehead atoms. The summed E-state index contributed by atoms with van der Waals surface area (Å²) in [6.45, 7) is 3.00. The molecule has 4 aromatic carbocycles. The van der Waals surface area contributed by atoms with E-state index < -0.39 is 17.2 Å². The van der Waals surface area contributed by atoms with Gasteiger partial charge in [0.1, 0.15) is 5.75 Å². The number of rotatable bonds is 8. The second-order valence-corrected chi connectivity index (χ2v) is 11.8. The van der Waals surface area contributed by atoms with Gasteiger partial charge in [0.15, 0.2) is 0 Å². The number of nitrogens with two attached hydrogens (primary N) is 2. The van der Waals surface area contributed by atoms with Crippen molar-refractivity contribution in [2.24, 2.45) is 11.5 Å². The molecule has 1 atom stereocenters. The Bertz CT molecular complexity index is 1950. The molecule has 0 radical (unpaired) electrons. The van der Waals surface area contributed by atoms with E-state index in [1.807, 2.05) is 24.1 Å².